The lowest BCUT2D eigenvalue weighted by molar-refractivity contribution is 0.0947. The third-order valence-corrected chi connectivity index (χ3v) is 2.70. The quantitative estimate of drug-likeness (QED) is 0.815. The first kappa shape index (κ1) is 14.6. The number of ether oxygens (including phenoxy) is 1. The molecular weight excluding hydrogens is 270 g/mol. The largest absolute Gasteiger partial charge is 0.495 e. The van der Waals surface area contributed by atoms with E-state index in [1.807, 2.05) is 0 Å². The van der Waals surface area contributed by atoms with Crippen molar-refractivity contribution in [2.24, 2.45) is 5.73 Å². The van der Waals surface area contributed by atoms with Crippen molar-refractivity contribution in [1.29, 1.82) is 0 Å². The summed E-state index contributed by atoms with van der Waals surface area (Å²) in [6, 6.07) is 6.72. The maximum absolute atomic E-state index is 12.1. The van der Waals surface area contributed by atoms with Crippen LogP contribution in [0, 0.1) is 11.8 Å². The van der Waals surface area contributed by atoms with Gasteiger partial charge in [-0.05, 0) is 18.2 Å². The van der Waals surface area contributed by atoms with Gasteiger partial charge in [0.15, 0.2) is 5.76 Å². The van der Waals surface area contributed by atoms with E-state index in [0.717, 1.165) is 0 Å². The molecule has 0 saturated heterocycles. The molecule has 3 N–H and O–H groups in total. The maximum atomic E-state index is 12.1. The average molecular weight is 285 g/mol. The Kier molecular flexibility index (Phi) is 4.96. The van der Waals surface area contributed by atoms with Gasteiger partial charge in [-0.1, -0.05) is 17.0 Å². The molecule has 0 bridgehead atoms. The number of aromatic nitrogens is 1. The van der Waals surface area contributed by atoms with Crippen LogP contribution in [-0.2, 0) is 6.54 Å². The zero-order valence-electron chi connectivity index (χ0n) is 11.6. The van der Waals surface area contributed by atoms with E-state index < -0.39 is 0 Å². The normalized spacial score (nSPS) is 9.62. The maximum Gasteiger partial charge on any atom is 0.251 e. The van der Waals surface area contributed by atoms with Gasteiger partial charge in [0, 0.05) is 11.6 Å². The molecule has 0 aliphatic rings. The fraction of sp³-hybridized carbons (Fsp3) is 0.200. The minimum absolute atomic E-state index is 0.232. The molecule has 108 valence electrons. The lowest BCUT2D eigenvalue weighted by atomic mass is 10.1. The van der Waals surface area contributed by atoms with Crippen LogP contribution in [0.25, 0.3) is 0 Å². The smallest absolute Gasteiger partial charge is 0.251 e. The second kappa shape index (κ2) is 7.12. The van der Waals surface area contributed by atoms with E-state index in [0.29, 0.717) is 22.6 Å². The van der Waals surface area contributed by atoms with Gasteiger partial charge < -0.3 is 20.3 Å². The van der Waals surface area contributed by atoms with Gasteiger partial charge in [-0.2, -0.15) is 0 Å². The molecule has 1 heterocycles. The lowest BCUT2D eigenvalue weighted by Crippen LogP contribution is -2.22. The lowest BCUT2D eigenvalue weighted by Gasteiger charge is -2.07. The van der Waals surface area contributed by atoms with Crippen LogP contribution in [0.5, 0.6) is 5.75 Å². The Labute approximate surface area is 122 Å². The van der Waals surface area contributed by atoms with Gasteiger partial charge in [0.2, 0.25) is 0 Å². The molecule has 1 amide bonds. The summed E-state index contributed by atoms with van der Waals surface area (Å²) >= 11 is 0. The predicted molar refractivity (Wildman–Crippen MR) is 76.6 cm³/mol. The van der Waals surface area contributed by atoms with E-state index in [4.69, 9.17) is 15.0 Å². The van der Waals surface area contributed by atoms with Gasteiger partial charge in [-0.15, -0.1) is 0 Å². The predicted octanol–water partition coefficient (Wildman–Crippen LogP) is 0.923. The number of methoxy groups -OCH3 is 1. The molecule has 0 spiro atoms. The monoisotopic (exact) mass is 285 g/mol. The summed E-state index contributed by atoms with van der Waals surface area (Å²) in [5.41, 5.74) is 6.46. The number of carbonyl (C=O) groups excluding carboxylic acids is 1. The van der Waals surface area contributed by atoms with Crippen LogP contribution in [0.3, 0.4) is 0 Å². The first-order valence-electron chi connectivity index (χ1n) is 6.29. The third-order valence-electron chi connectivity index (χ3n) is 2.70. The van der Waals surface area contributed by atoms with Gasteiger partial charge in [0.05, 0.1) is 32.0 Å². The van der Waals surface area contributed by atoms with Crippen molar-refractivity contribution in [2.75, 3.05) is 13.7 Å². The van der Waals surface area contributed by atoms with Crippen LogP contribution in [0.1, 0.15) is 21.7 Å². The number of nitrogens with two attached hydrogens (primary N) is 1. The van der Waals surface area contributed by atoms with Crippen molar-refractivity contribution in [1.82, 2.24) is 10.5 Å². The Morgan fingerprint density at radius 2 is 2.33 bits per heavy atom. The molecule has 0 aliphatic heterocycles. The van der Waals surface area contributed by atoms with E-state index in [1.165, 1.54) is 6.20 Å². The average Bonchev–Trinajstić information content (AvgIpc) is 3.03. The topological polar surface area (TPSA) is 90.4 Å². The van der Waals surface area contributed by atoms with Crippen molar-refractivity contribution < 1.29 is 14.1 Å². The fourth-order valence-corrected chi connectivity index (χ4v) is 1.70. The van der Waals surface area contributed by atoms with E-state index in [9.17, 15) is 4.79 Å². The molecule has 0 atom stereocenters. The first-order chi connectivity index (χ1) is 10.2. The Morgan fingerprint density at radius 1 is 1.48 bits per heavy atom. The van der Waals surface area contributed by atoms with Gasteiger partial charge >= 0.3 is 0 Å². The Balaban J connectivity index is 2.13. The molecule has 1 aromatic heterocycles. The zero-order chi connectivity index (χ0) is 15.1. The number of nitrogens with one attached hydrogen (secondary N) is 1. The standard InChI is InChI=1S/C15H15N3O3/c1-20-14-5-4-12(9-11(14)3-2-7-16)15(19)17-10-13-6-8-18-21-13/h4-6,8-9H,7,10,16H2,1H3,(H,17,19). The third kappa shape index (κ3) is 3.84. The number of amides is 1. The molecule has 1 aromatic carbocycles. The Hall–Kier alpha value is -2.78. The highest BCUT2D eigenvalue weighted by Gasteiger charge is 2.09. The molecule has 0 fully saturated rings. The van der Waals surface area contributed by atoms with Crippen molar-refractivity contribution in [3.8, 4) is 17.6 Å². The molecule has 0 radical (unpaired) electrons. The van der Waals surface area contributed by atoms with Crippen molar-refractivity contribution in [3.05, 3.63) is 47.3 Å². The molecule has 21 heavy (non-hydrogen) atoms. The summed E-state index contributed by atoms with van der Waals surface area (Å²) in [7, 11) is 1.55. The van der Waals surface area contributed by atoms with Crippen LogP contribution in [-0.4, -0.2) is 24.7 Å². The van der Waals surface area contributed by atoms with Crippen molar-refractivity contribution in [2.45, 2.75) is 6.54 Å². The first-order valence-corrected chi connectivity index (χ1v) is 6.29. The van der Waals surface area contributed by atoms with Crippen LogP contribution in [0.2, 0.25) is 0 Å². The summed E-state index contributed by atoms with van der Waals surface area (Å²) < 4.78 is 10.1. The number of carbonyl (C=O) groups is 1. The molecule has 2 aromatic rings. The molecule has 2 rings (SSSR count). The number of hydrogen-bond acceptors (Lipinski definition) is 5. The van der Waals surface area contributed by atoms with Crippen molar-refractivity contribution >= 4 is 5.91 Å². The number of rotatable bonds is 4. The number of nitrogens with zero attached hydrogens (tertiary/aromatic N) is 1. The van der Waals surface area contributed by atoms with Crippen LogP contribution < -0.4 is 15.8 Å². The molecule has 0 aliphatic carbocycles. The summed E-state index contributed by atoms with van der Waals surface area (Å²) in [4.78, 5) is 12.1. The minimum Gasteiger partial charge on any atom is -0.495 e. The fourth-order valence-electron chi connectivity index (χ4n) is 1.70. The van der Waals surface area contributed by atoms with Crippen molar-refractivity contribution in [3.63, 3.8) is 0 Å². The van der Waals surface area contributed by atoms with Crippen LogP contribution >= 0.6 is 0 Å². The molecule has 0 unspecified atom stereocenters. The Morgan fingerprint density at radius 3 is 3.00 bits per heavy atom. The van der Waals surface area contributed by atoms with Crippen LogP contribution in [0.15, 0.2) is 35.0 Å². The van der Waals surface area contributed by atoms with E-state index >= 15 is 0 Å². The molecular formula is C15H15N3O3. The van der Waals surface area contributed by atoms with Gasteiger partial charge in [0.25, 0.3) is 5.91 Å². The minimum atomic E-state index is -0.232. The van der Waals surface area contributed by atoms with Crippen LogP contribution in [0.4, 0.5) is 0 Å². The molecule has 6 heteroatoms. The summed E-state index contributed by atoms with van der Waals surface area (Å²) in [5, 5.41) is 6.31. The van der Waals surface area contributed by atoms with Gasteiger partial charge in [-0.25, -0.2) is 0 Å². The highest BCUT2D eigenvalue weighted by Crippen LogP contribution is 2.18. The summed E-state index contributed by atoms with van der Waals surface area (Å²) in [5.74, 6) is 6.57. The summed E-state index contributed by atoms with van der Waals surface area (Å²) in [6.07, 6.45) is 1.52. The summed E-state index contributed by atoms with van der Waals surface area (Å²) in [6.45, 7) is 0.514. The van der Waals surface area contributed by atoms with Gasteiger partial charge in [-0.3, -0.25) is 4.79 Å². The molecule has 6 nitrogen and oxygen atoms in total. The van der Waals surface area contributed by atoms with E-state index in [1.54, 1.807) is 31.4 Å². The van der Waals surface area contributed by atoms with Gasteiger partial charge in [0.1, 0.15) is 5.75 Å². The second-order valence-corrected chi connectivity index (χ2v) is 4.08. The molecule has 0 saturated carbocycles. The highest BCUT2D eigenvalue weighted by molar-refractivity contribution is 5.94. The Bertz CT molecular complexity index is 669. The SMILES string of the molecule is COc1ccc(C(=O)NCc2ccno2)cc1C#CCN. The van der Waals surface area contributed by atoms with E-state index in [2.05, 4.69) is 22.3 Å². The highest BCUT2D eigenvalue weighted by atomic mass is 16.5. The zero-order valence-corrected chi connectivity index (χ0v) is 11.6. The number of benzene rings is 1. The van der Waals surface area contributed by atoms with E-state index in [-0.39, 0.29) is 19.0 Å². The number of hydrogen-bond donors (Lipinski definition) is 2. The second-order valence-electron chi connectivity index (χ2n) is 4.08.